The Morgan fingerprint density at radius 3 is 2.50 bits per heavy atom. The maximum absolute atomic E-state index is 11.0. The van der Waals surface area contributed by atoms with Gasteiger partial charge in [-0.1, -0.05) is 13.8 Å². The number of hydrogen-bond donors (Lipinski definition) is 2. The largest absolute Gasteiger partial charge is 0.351 e. The molecule has 58 valence electrons. The molecule has 1 heterocycles. The molecule has 1 rings (SSSR count). The van der Waals surface area contributed by atoms with Gasteiger partial charge in [-0.05, 0) is 0 Å². The van der Waals surface area contributed by atoms with E-state index in [1.54, 1.807) is 0 Å². The number of carbonyl (C=O) groups excluding carboxylic acids is 1. The predicted molar refractivity (Wildman–Crippen MR) is 39.6 cm³/mol. The van der Waals surface area contributed by atoms with Gasteiger partial charge >= 0.3 is 0 Å². The van der Waals surface area contributed by atoms with Crippen molar-refractivity contribution in [2.75, 3.05) is 13.1 Å². The van der Waals surface area contributed by atoms with E-state index in [-0.39, 0.29) is 11.8 Å². The van der Waals surface area contributed by atoms with Crippen molar-refractivity contribution in [1.82, 2.24) is 10.6 Å². The number of hydrogen-bond acceptors (Lipinski definition) is 2. The third-order valence-corrected chi connectivity index (χ3v) is 1.65. The molecule has 1 amide bonds. The Kier molecular flexibility index (Phi) is 2.27. The molecule has 1 fully saturated rings. The molecule has 1 aliphatic rings. The highest BCUT2D eigenvalue weighted by atomic mass is 16.1. The standard InChI is InChI=1S/C7H14N2O/c1-5(2)7(10)9-6-3-8-4-6/h5-6,8H,3-4H2,1-2H3,(H,9,10). The summed E-state index contributed by atoms with van der Waals surface area (Å²) in [5, 5.41) is 6.01. The van der Waals surface area contributed by atoms with Crippen molar-refractivity contribution in [3.05, 3.63) is 0 Å². The van der Waals surface area contributed by atoms with E-state index in [4.69, 9.17) is 0 Å². The van der Waals surface area contributed by atoms with E-state index in [1.807, 2.05) is 13.8 Å². The van der Waals surface area contributed by atoms with Crippen LogP contribution in [0.1, 0.15) is 13.8 Å². The summed E-state index contributed by atoms with van der Waals surface area (Å²) < 4.78 is 0. The lowest BCUT2D eigenvalue weighted by molar-refractivity contribution is -0.125. The maximum Gasteiger partial charge on any atom is 0.222 e. The fraction of sp³-hybridized carbons (Fsp3) is 0.857. The van der Waals surface area contributed by atoms with Crippen molar-refractivity contribution >= 4 is 5.91 Å². The summed E-state index contributed by atoms with van der Waals surface area (Å²) in [6, 6.07) is 0.384. The monoisotopic (exact) mass is 142 g/mol. The number of carbonyl (C=O) groups is 1. The number of nitrogens with one attached hydrogen (secondary N) is 2. The third kappa shape index (κ3) is 1.70. The molecule has 0 spiro atoms. The Bertz CT molecular complexity index is 130. The first-order valence-corrected chi connectivity index (χ1v) is 3.71. The first-order valence-electron chi connectivity index (χ1n) is 3.71. The molecule has 0 aromatic heterocycles. The van der Waals surface area contributed by atoms with Crippen molar-refractivity contribution in [2.24, 2.45) is 5.92 Å². The normalized spacial score (nSPS) is 18.7. The Labute approximate surface area is 61.2 Å². The summed E-state index contributed by atoms with van der Waals surface area (Å²) in [6.07, 6.45) is 0. The lowest BCUT2D eigenvalue weighted by atomic mass is 10.1. The second kappa shape index (κ2) is 3.01. The van der Waals surface area contributed by atoms with Crippen molar-refractivity contribution in [1.29, 1.82) is 0 Å². The zero-order valence-corrected chi connectivity index (χ0v) is 6.48. The zero-order chi connectivity index (χ0) is 7.56. The average molecular weight is 142 g/mol. The second-order valence-electron chi connectivity index (χ2n) is 3.02. The van der Waals surface area contributed by atoms with Crippen LogP contribution in [0, 0.1) is 5.92 Å². The summed E-state index contributed by atoms with van der Waals surface area (Å²) in [7, 11) is 0. The van der Waals surface area contributed by atoms with Gasteiger partial charge in [-0.2, -0.15) is 0 Å². The van der Waals surface area contributed by atoms with Crippen LogP contribution in [0.4, 0.5) is 0 Å². The summed E-state index contributed by atoms with van der Waals surface area (Å²) in [5.41, 5.74) is 0. The minimum atomic E-state index is 0.112. The molecule has 0 aliphatic carbocycles. The summed E-state index contributed by atoms with van der Waals surface area (Å²) in [4.78, 5) is 11.0. The first kappa shape index (κ1) is 7.54. The van der Waals surface area contributed by atoms with Crippen molar-refractivity contribution < 1.29 is 4.79 Å². The lowest BCUT2D eigenvalue weighted by Gasteiger charge is -2.28. The van der Waals surface area contributed by atoms with Gasteiger partial charge in [0.05, 0.1) is 6.04 Å². The van der Waals surface area contributed by atoms with Crippen LogP contribution in [0.5, 0.6) is 0 Å². The smallest absolute Gasteiger partial charge is 0.222 e. The van der Waals surface area contributed by atoms with Crippen LogP contribution in [0.25, 0.3) is 0 Å². The van der Waals surface area contributed by atoms with Crippen LogP contribution in [0.3, 0.4) is 0 Å². The molecule has 0 atom stereocenters. The van der Waals surface area contributed by atoms with Gasteiger partial charge in [-0.3, -0.25) is 4.79 Å². The number of rotatable bonds is 2. The molecular weight excluding hydrogens is 128 g/mol. The minimum absolute atomic E-state index is 0.112. The third-order valence-electron chi connectivity index (χ3n) is 1.65. The molecule has 0 aromatic rings. The van der Waals surface area contributed by atoms with Gasteiger partial charge in [0, 0.05) is 19.0 Å². The second-order valence-corrected chi connectivity index (χ2v) is 3.02. The van der Waals surface area contributed by atoms with E-state index in [2.05, 4.69) is 10.6 Å². The quantitative estimate of drug-likeness (QED) is 0.557. The van der Waals surface area contributed by atoms with Gasteiger partial charge in [0.15, 0.2) is 0 Å². The van der Waals surface area contributed by atoms with E-state index in [0.717, 1.165) is 13.1 Å². The van der Waals surface area contributed by atoms with E-state index >= 15 is 0 Å². The van der Waals surface area contributed by atoms with Crippen LogP contribution >= 0.6 is 0 Å². The molecule has 1 saturated heterocycles. The highest BCUT2D eigenvalue weighted by Gasteiger charge is 2.19. The predicted octanol–water partition coefficient (Wildman–Crippen LogP) is -0.270. The summed E-state index contributed by atoms with van der Waals surface area (Å²) >= 11 is 0. The molecule has 0 bridgehead atoms. The summed E-state index contributed by atoms with van der Waals surface area (Å²) in [5.74, 6) is 0.270. The van der Waals surface area contributed by atoms with Crippen LogP contribution in [-0.4, -0.2) is 25.0 Å². The van der Waals surface area contributed by atoms with Gasteiger partial charge in [-0.25, -0.2) is 0 Å². The van der Waals surface area contributed by atoms with Gasteiger partial charge < -0.3 is 10.6 Å². The van der Waals surface area contributed by atoms with E-state index in [9.17, 15) is 4.79 Å². The Morgan fingerprint density at radius 1 is 1.60 bits per heavy atom. The SMILES string of the molecule is CC(C)C(=O)NC1CNC1. The molecule has 2 N–H and O–H groups in total. The molecule has 3 nitrogen and oxygen atoms in total. The maximum atomic E-state index is 11.0. The molecular formula is C7H14N2O. The molecule has 0 radical (unpaired) electrons. The zero-order valence-electron chi connectivity index (χ0n) is 6.48. The van der Waals surface area contributed by atoms with Gasteiger partial charge in [-0.15, -0.1) is 0 Å². The van der Waals surface area contributed by atoms with Gasteiger partial charge in [0.2, 0.25) is 5.91 Å². The topological polar surface area (TPSA) is 41.1 Å². The van der Waals surface area contributed by atoms with E-state index in [0.29, 0.717) is 6.04 Å². The van der Waals surface area contributed by atoms with Crippen LogP contribution in [0.2, 0.25) is 0 Å². The summed E-state index contributed by atoms with van der Waals surface area (Å²) in [6.45, 7) is 5.67. The average Bonchev–Trinajstić information content (AvgIpc) is 1.77. The highest BCUT2D eigenvalue weighted by Crippen LogP contribution is 1.95. The van der Waals surface area contributed by atoms with E-state index in [1.165, 1.54) is 0 Å². The van der Waals surface area contributed by atoms with E-state index < -0.39 is 0 Å². The molecule has 1 aliphatic heterocycles. The lowest BCUT2D eigenvalue weighted by Crippen LogP contribution is -2.57. The fourth-order valence-corrected chi connectivity index (χ4v) is 0.759. The van der Waals surface area contributed by atoms with Gasteiger partial charge in [0.25, 0.3) is 0 Å². The van der Waals surface area contributed by atoms with Crippen LogP contribution in [0.15, 0.2) is 0 Å². The fourth-order valence-electron chi connectivity index (χ4n) is 0.759. The molecule has 10 heavy (non-hydrogen) atoms. The van der Waals surface area contributed by atoms with Crippen LogP contribution < -0.4 is 10.6 Å². The van der Waals surface area contributed by atoms with Crippen molar-refractivity contribution in [2.45, 2.75) is 19.9 Å². The first-order chi connectivity index (χ1) is 4.70. The molecule has 0 unspecified atom stereocenters. The Hall–Kier alpha value is -0.570. The molecule has 0 saturated carbocycles. The Balaban J connectivity index is 2.17. The molecule has 0 aromatic carbocycles. The van der Waals surface area contributed by atoms with Crippen LogP contribution in [-0.2, 0) is 4.79 Å². The minimum Gasteiger partial charge on any atom is -0.351 e. The van der Waals surface area contributed by atoms with Crippen molar-refractivity contribution in [3.63, 3.8) is 0 Å². The molecule has 3 heteroatoms. The van der Waals surface area contributed by atoms with Crippen molar-refractivity contribution in [3.8, 4) is 0 Å². The Morgan fingerprint density at radius 2 is 2.20 bits per heavy atom. The highest BCUT2D eigenvalue weighted by molar-refractivity contribution is 5.78. The van der Waals surface area contributed by atoms with Gasteiger partial charge in [0.1, 0.15) is 0 Å². The number of amides is 1.